The molecule has 0 amide bonds. The number of aromatic nitrogens is 6. The van der Waals surface area contributed by atoms with Gasteiger partial charge in [-0.3, -0.25) is 4.40 Å². The highest BCUT2D eigenvalue weighted by atomic mass is 16.5. The van der Waals surface area contributed by atoms with E-state index < -0.39 is 0 Å². The van der Waals surface area contributed by atoms with Crippen molar-refractivity contribution in [2.75, 3.05) is 25.6 Å². The van der Waals surface area contributed by atoms with Crippen molar-refractivity contribution in [3.63, 3.8) is 0 Å². The topological polar surface area (TPSA) is 102 Å². The molecule has 2 aliphatic rings. The fourth-order valence-corrected chi connectivity index (χ4v) is 4.84. The molecule has 0 radical (unpaired) electrons. The normalized spacial score (nSPS) is 18.5. The molecule has 9 nitrogen and oxygen atoms in total. The molecule has 0 atom stereocenters. The van der Waals surface area contributed by atoms with E-state index in [0.29, 0.717) is 23.3 Å². The maximum Gasteiger partial charge on any atom is 0.228 e. The molecule has 2 N–H and O–H groups in total. The first kappa shape index (κ1) is 18.6. The summed E-state index contributed by atoms with van der Waals surface area (Å²) < 4.78 is 13.1. The minimum Gasteiger partial charge on any atom is -0.480 e. The Labute approximate surface area is 179 Å². The zero-order valence-corrected chi connectivity index (χ0v) is 17.7. The van der Waals surface area contributed by atoms with E-state index in [1.165, 1.54) is 12.8 Å². The van der Waals surface area contributed by atoms with Gasteiger partial charge in [0.1, 0.15) is 11.5 Å². The molecule has 0 unspecified atom stereocenters. The number of methoxy groups -OCH3 is 1. The van der Waals surface area contributed by atoms with E-state index in [1.54, 1.807) is 7.11 Å². The predicted octanol–water partition coefficient (Wildman–Crippen LogP) is 3.36. The summed E-state index contributed by atoms with van der Waals surface area (Å²) in [5.41, 5.74) is 4.00. The molecule has 5 heterocycles. The lowest BCUT2D eigenvalue weighted by Crippen LogP contribution is -2.47. The molecule has 9 heteroatoms. The molecule has 0 bridgehead atoms. The quantitative estimate of drug-likeness (QED) is 0.523. The molecule has 1 spiro atoms. The van der Waals surface area contributed by atoms with E-state index in [0.717, 1.165) is 59.7 Å². The van der Waals surface area contributed by atoms with Crippen molar-refractivity contribution in [2.45, 2.75) is 38.6 Å². The van der Waals surface area contributed by atoms with Crippen molar-refractivity contribution in [1.29, 1.82) is 0 Å². The van der Waals surface area contributed by atoms with Gasteiger partial charge in [-0.15, -0.1) is 10.2 Å². The SMILES string of the molecule is COc1nc(NC2CCC3(CC2)COC3)nc2[nH]cc(-c3ccc4nnc(C)n4c3)c12. The average molecular weight is 419 g/mol. The number of aromatic amines is 1. The molecular formula is C22H25N7O2. The van der Waals surface area contributed by atoms with E-state index in [-0.39, 0.29) is 0 Å². The van der Waals surface area contributed by atoms with Crippen molar-refractivity contribution in [2.24, 2.45) is 5.41 Å². The van der Waals surface area contributed by atoms with Gasteiger partial charge in [0.2, 0.25) is 11.8 Å². The lowest BCUT2D eigenvalue weighted by Gasteiger charge is -2.46. The Kier molecular flexibility index (Phi) is 4.14. The first-order valence-corrected chi connectivity index (χ1v) is 10.7. The van der Waals surface area contributed by atoms with Crippen LogP contribution in [0.3, 0.4) is 0 Å². The Hall–Kier alpha value is -3.20. The third-order valence-corrected chi connectivity index (χ3v) is 6.77. The van der Waals surface area contributed by atoms with Gasteiger partial charge in [-0.2, -0.15) is 9.97 Å². The summed E-state index contributed by atoms with van der Waals surface area (Å²) in [6.07, 6.45) is 8.60. The minimum absolute atomic E-state index is 0.377. The second-order valence-electron chi connectivity index (χ2n) is 8.79. The highest BCUT2D eigenvalue weighted by molar-refractivity contribution is 5.97. The number of H-pyrrole nitrogens is 1. The number of anilines is 1. The zero-order valence-electron chi connectivity index (χ0n) is 17.7. The van der Waals surface area contributed by atoms with Gasteiger partial charge in [-0.1, -0.05) is 0 Å². The number of hydrogen-bond donors (Lipinski definition) is 2. The zero-order chi connectivity index (χ0) is 21.0. The summed E-state index contributed by atoms with van der Waals surface area (Å²) in [6.45, 7) is 3.77. The Morgan fingerprint density at radius 3 is 2.77 bits per heavy atom. The molecule has 4 aromatic heterocycles. The number of ether oxygens (including phenoxy) is 2. The fraction of sp³-hybridized carbons (Fsp3) is 0.455. The lowest BCUT2D eigenvalue weighted by molar-refractivity contribution is -0.131. The van der Waals surface area contributed by atoms with Crippen molar-refractivity contribution >= 4 is 22.6 Å². The highest BCUT2D eigenvalue weighted by Gasteiger charge is 2.41. The second kappa shape index (κ2) is 6.91. The van der Waals surface area contributed by atoms with Gasteiger partial charge in [-0.25, -0.2) is 0 Å². The molecule has 2 fully saturated rings. The molecule has 0 aromatic carbocycles. The Morgan fingerprint density at radius 2 is 2.03 bits per heavy atom. The highest BCUT2D eigenvalue weighted by Crippen LogP contribution is 2.43. The summed E-state index contributed by atoms with van der Waals surface area (Å²) >= 11 is 0. The van der Waals surface area contributed by atoms with Crippen molar-refractivity contribution < 1.29 is 9.47 Å². The van der Waals surface area contributed by atoms with Crippen LogP contribution in [0.5, 0.6) is 5.88 Å². The standard InChI is InChI=1S/C22H25N7O2/c1-13-27-28-17-4-3-14(10-29(13)17)16-9-23-19-18(16)20(30-2)26-21(25-19)24-15-5-7-22(8-6-15)11-31-12-22/h3-4,9-10,15H,5-8,11-12H2,1-2H3,(H2,23,24,25,26). The maximum atomic E-state index is 5.67. The van der Waals surface area contributed by atoms with Crippen LogP contribution in [-0.4, -0.2) is 55.9 Å². The number of hydrogen-bond acceptors (Lipinski definition) is 7. The van der Waals surface area contributed by atoms with Gasteiger partial charge in [0.25, 0.3) is 0 Å². The number of pyridine rings is 1. The first-order valence-electron chi connectivity index (χ1n) is 10.7. The van der Waals surface area contributed by atoms with Crippen LogP contribution in [0.2, 0.25) is 0 Å². The van der Waals surface area contributed by atoms with E-state index in [2.05, 4.69) is 20.5 Å². The van der Waals surface area contributed by atoms with Crippen molar-refractivity contribution in [3.05, 3.63) is 30.4 Å². The van der Waals surface area contributed by atoms with Crippen LogP contribution in [0.4, 0.5) is 5.95 Å². The van der Waals surface area contributed by atoms with Gasteiger partial charge >= 0.3 is 0 Å². The van der Waals surface area contributed by atoms with Crippen LogP contribution in [0.25, 0.3) is 27.8 Å². The lowest BCUT2D eigenvalue weighted by atomic mass is 9.71. The van der Waals surface area contributed by atoms with Crippen LogP contribution >= 0.6 is 0 Å². The van der Waals surface area contributed by atoms with E-state index in [4.69, 9.17) is 19.4 Å². The monoisotopic (exact) mass is 419 g/mol. The molecule has 1 saturated heterocycles. The summed E-state index contributed by atoms with van der Waals surface area (Å²) in [5.74, 6) is 2.01. The molecule has 31 heavy (non-hydrogen) atoms. The molecule has 4 aromatic rings. The number of rotatable bonds is 4. The third kappa shape index (κ3) is 3.03. The first-order chi connectivity index (χ1) is 15.1. The Bertz CT molecular complexity index is 1260. The summed E-state index contributed by atoms with van der Waals surface area (Å²) in [7, 11) is 1.65. The van der Waals surface area contributed by atoms with Crippen LogP contribution in [0.15, 0.2) is 24.5 Å². The van der Waals surface area contributed by atoms with E-state index in [1.807, 2.05) is 35.9 Å². The smallest absolute Gasteiger partial charge is 0.228 e. The van der Waals surface area contributed by atoms with Gasteiger partial charge in [0.15, 0.2) is 5.65 Å². The van der Waals surface area contributed by atoms with Crippen LogP contribution in [-0.2, 0) is 4.74 Å². The maximum absolute atomic E-state index is 5.67. The molecule has 1 aliphatic carbocycles. The van der Waals surface area contributed by atoms with Gasteiger partial charge in [0, 0.05) is 35.0 Å². The van der Waals surface area contributed by atoms with Gasteiger partial charge < -0.3 is 19.8 Å². The number of nitrogens with one attached hydrogen (secondary N) is 2. The number of aryl methyl sites for hydroxylation is 1. The predicted molar refractivity (Wildman–Crippen MR) is 116 cm³/mol. The number of fused-ring (bicyclic) bond motifs is 2. The Morgan fingerprint density at radius 1 is 1.19 bits per heavy atom. The fourth-order valence-electron chi connectivity index (χ4n) is 4.84. The molecule has 1 aliphatic heterocycles. The average Bonchev–Trinajstić information content (AvgIpc) is 3.36. The largest absolute Gasteiger partial charge is 0.480 e. The van der Waals surface area contributed by atoms with Crippen molar-refractivity contribution in [1.82, 2.24) is 29.5 Å². The van der Waals surface area contributed by atoms with Crippen LogP contribution < -0.4 is 10.1 Å². The summed E-state index contributed by atoms with van der Waals surface area (Å²) in [5, 5.41) is 12.7. The van der Waals surface area contributed by atoms with Gasteiger partial charge in [-0.05, 0) is 44.7 Å². The number of nitrogens with zero attached hydrogens (tertiary/aromatic N) is 5. The third-order valence-electron chi connectivity index (χ3n) is 6.77. The Balaban J connectivity index is 1.32. The van der Waals surface area contributed by atoms with E-state index in [9.17, 15) is 0 Å². The van der Waals surface area contributed by atoms with Crippen LogP contribution in [0, 0.1) is 12.3 Å². The van der Waals surface area contributed by atoms with E-state index >= 15 is 0 Å². The summed E-state index contributed by atoms with van der Waals surface area (Å²) in [6, 6.07) is 4.36. The summed E-state index contributed by atoms with van der Waals surface area (Å²) in [4.78, 5) is 12.7. The second-order valence-corrected chi connectivity index (χ2v) is 8.79. The molecule has 6 rings (SSSR count). The minimum atomic E-state index is 0.377. The van der Waals surface area contributed by atoms with Crippen LogP contribution in [0.1, 0.15) is 31.5 Å². The van der Waals surface area contributed by atoms with Crippen molar-refractivity contribution in [3.8, 4) is 17.0 Å². The molecule has 1 saturated carbocycles. The van der Waals surface area contributed by atoms with Gasteiger partial charge in [0.05, 0.1) is 25.7 Å². The molecule has 160 valence electrons. The molecular weight excluding hydrogens is 394 g/mol.